The minimum absolute atomic E-state index is 0.00246. The highest BCUT2D eigenvalue weighted by atomic mass is 16.2. The van der Waals surface area contributed by atoms with E-state index in [-0.39, 0.29) is 24.0 Å². The van der Waals surface area contributed by atoms with Gasteiger partial charge in [0.25, 0.3) is 0 Å². The standard InChI is InChI=1S/C16H23N3O/c1-5-16(3,4)19-15(20)11-18-12(2)14-8-6-13(10-17)7-9-14/h6-9,12,18H,5,11H2,1-4H3,(H,19,20). The van der Waals surface area contributed by atoms with Crippen LogP contribution in [0.15, 0.2) is 24.3 Å². The number of nitrogens with one attached hydrogen (secondary N) is 2. The molecule has 0 aliphatic carbocycles. The molecular formula is C16H23N3O. The lowest BCUT2D eigenvalue weighted by atomic mass is 10.0. The van der Waals surface area contributed by atoms with Gasteiger partial charge in [0.1, 0.15) is 0 Å². The van der Waals surface area contributed by atoms with E-state index in [0.29, 0.717) is 5.56 Å². The van der Waals surface area contributed by atoms with Crippen molar-refractivity contribution < 1.29 is 4.79 Å². The Hall–Kier alpha value is -1.86. The molecule has 0 saturated carbocycles. The fourth-order valence-electron chi connectivity index (χ4n) is 1.72. The van der Waals surface area contributed by atoms with Gasteiger partial charge in [0, 0.05) is 11.6 Å². The average Bonchev–Trinajstić information content (AvgIpc) is 2.44. The molecular weight excluding hydrogens is 250 g/mol. The predicted molar refractivity (Wildman–Crippen MR) is 80.1 cm³/mol. The quantitative estimate of drug-likeness (QED) is 0.837. The van der Waals surface area contributed by atoms with Crippen molar-refractivity contribution in [2.24, 2.45) is 0 Å². The van der Waals surface area contributed by atoms with Gasteiger partial charge in [-0.1, -0.05) is 19.1 Å². The Morgan fingerprint density at radius 2 is 1.95 bits per heavy atom. The number of hydrogen-bond acceptors (Lipinski definition) is 3. The van der Waals surface area contributed by atoms with Crippen molar-refractivity contribution >= 4 is 5.91 Å². The molecule has 0 spiro atoms. The lowest BCUT2D eigenvalue weighted by molar-refractivity contribution is -0.122. The summed E-state index contributed by atoms with van der Waals surface area (Å²) in [6.07, 6.45) is 0.893. The lowest BCUT2D eigenvalue weighted by Crippen LogP contribution is -2.46. The van der Waals surface area contributed by atoms with E-state index in [1.54, 1.807) is 12.1 Å². The van der Waals surface area contributed by atoms with Gasteiger partial charge in [0.15, 0.2) is 0 Å². The first-order valence-electron chi connectivity index (χ1n) is 6.92. The molecule has 108 valence electrons. The Bertz CT molecular complexity index is 485. The minimum Gasteiger partial charge on any atom is -0.350 e. The first-order chi connectivity index (χ1) is 9.38. The molecule has 0 aliphatic heterocycles. The zero-order valence-electron chi connectivity index (χ0n) is 12.7. The SMILES string of the molecule is CCC(C)(C)NC(=O)CNC(C)c1ccc(C#N)cc1. The number of nitriles is 1. The van der Waals surface area contributed by atoms with Crippen molar-refractivity contribution in [2.75, 3.05) is 6.54 Å². The summed E-state index contributed by atoms with van der Waals surface area (Å²) in [5, 5.41) is 14.9. The number of nitrogens with zero attached hydrogens (tertiary/aromatic N) is 1. The maximum Gasteiger partial charge on any atom is 0.234 e. The number of carbonyl (C=O) groups is 1. The molecule has 0 aromatic heterocycles. The Balaban J connectivity index is 2.48. The highest BCUT2D eigenvalue weighted by Gasteiger charge is 2.17. The molecule has 1 amide bonds. The molecule has 0 aliphatic rings. The summed E-state index contributed by atoms with van der Waals surface area (Å²) in [4.78, 5) is 11.8. The van der Waals surface area contributed by atoms with Crippen LogP contribution in [0.25, 0.3) is 0 Å². The third kappa shape index (κ3) is 5.02. The van der Waals surface area contributed by atoms with Crippen LogP contribution in [0.3, 0.4) is 0 Å². The van der Waals surface area contributed by atoms with Crippen molar-refractivity contribution in [3.63, 3.8) is 0 Å². The summed E-state index contributed by atoms with van der Waals surface area (Å²) in [5.41, 5.74) is 1.53. The van der Waals surface area contributed by atoms with Crippen LogP contribution in [0.1, 0.15) is 51.3 Å². The average molecular weight is 273 g/mol. The zero-order valence-corrected chi connectivity index (χ0v) is 12.7. The molecule has 0 fully saturated rings. The van der Waals surface area contributed by atoms with Gasteiger partial charge < -0.3 is 10.6 Å². The van der Waals surface area contributed by atoms with Crippen LogP contribution >= 0.6 is 0 Å². The monoisotopic (exact) mass is 273 g/mol. The maximum atomic E-state index is 11.8. The van der Waals surface area contributed by atoms with Crippen molar-refractivity contribution in [3.8, 4) is 6.07 Å². The molecule has 1 rings (SSSR count). The number of carbonyl (C=O) groups excluding carboxylic acids is 1. The molecule has 0 bridgehead atoms. The summed E-state index contributed by atoms with van der Waals surface area (Å²) in [6.45, 7) is 8.35. The van der Waals surface area contributed by atoms with E-state index in [0.717, 1.165) is 12.0 Å². The predicted octanol–water partition coefficient (Wildman–Crippen LogP) is 2.51. The third-order valence-corrected chi connectivity index (χ3v) is 3.47. The largest absolute Gasteiger partial charge is 0.350 e. The van der Waals surface area contributed by atoms with Crippen LogP contribution in [0.5, 0.6) is 0 Å². The molecule has 1 aromatic rings. The highest BCUT2D eigenvalue weighted by molar-refractivity contribution is 5.78. The Morgan fingerprint density at radius 3 is 2.45 bits per heavy atom. The fourth-order valence-corrected chi connectivity index (χ4v) is 1.72. The van der Waals surface area contributed by atoms with Crippen LogP contribution < -0.4 is 10.6 Å². The number of amides is 1. The Morgan fingerprint density at radius 1 is 1.35 bits per heavy atom. The van der Waals surface area contributed by atoms with Gasteiger partial charge in [0.2, 0.25) is 5.91 Å². The second-order valence-corrected chi connectivity index (χ2v) is 5.62. The van der Waals surface area contributed by atoms with Crippen LogP contribution in [0.2, 0.25) is 0 Å². The van der Waals surface area contributed by atoms with Gasteiger partial charge in [-0.15, -0.1) is 0 Å². The van der Waals surface area contributed by atoms with Gasteiger partial charge in [0.05, 0.1) is 18.2 Å². The Labute approximate surface area is 121 Å². The first kappa shape index (κ1) is 16.2. The summed E-state index contributed by atoms with van der Waals surface area (Å²) in [7, 11) is 0. The van der Waals surface area contributed by atoms with E-state index in [9.17, 15) is 4.79 Å². The van der Waals surface area contributed by atoms with E-state index in [2.05, 4.69) is 16.7 Å². The second-order valence-electron chi connectivity index (χ2n) is 5.62. The van der Waals surface area contributed by atoms with Gasteiger partial charge in [-0.2, -0.15) is 5.26 Å². The molecule has 0 saturated heterocycles. The third-order valence-electron chi connectivity index (χ3n) is 3.47. The molecule has 4 nitrogen and oxygen atoms in total. The van der Waals surface area contributed by atoms with E-state index < -0.39 is 0 Å². The summed E-state index contributed by atoms with van der Waals surface area (Å²) < 4.78 is 0. The maximum absolute atomic E-state index is 11.8. The molecule has 1 aromatic carbocycles. The minimum atomic E-state index is -0.170. The molecule has 2 N–H and O–H groups in total. The van der Waals surface area contributed by atoms with E-state index in [1.165, 1.54) is 0 Å². The van der Waals surface area contributed by atoms with Gasteiger partial charge in [-0.25, -0.2) is 0 Å². The van der Waals surface area contributed by atoms with E-state index in [4.69, 9.17) is 5.26 Å². The van der Waals surface area contributed by atoms with E-state index >= 15 is 0 Å². The summed E-state index contributed by atoms with van der Waals surface area (Å²) in [5.74, 6) is -0.00246. The second kappa shape index (κ2) is 7.06. The summed E-state index contributed by atoms with van der Waals surface area (Å²) >= 11 is 0. The van der Waals surface area contributed by atoms with Gasteiger partial charge in [-0.05, 0) is 44.9 Å². The van der Waals surface area contributed by atoms with Gasteiger partial charge in [-0.3, -0.25) is 4.79 Å². The summed E-state index contributed by atoms with van der Waals surface area (Å²) in [6, 6.07) is 9.54. The van der Waals surface area contributed by atoms with Gasteiger partial charge >= 0.3 is 0 Å². The van der Waals surface area contributed by atoms with Crippen LogP contribution in [-0.2, 0) is 4.79 Å². The molecule has 20 heavy (non-hydrogen) atoms. The van der Waals surface area contributed by atoms with E-state index in [1.807, 2.05) is 39.8 Å². The molecule has 0 radical (unpaired) electrons. The molecule has 1 atom stereocenters. The van der Waals surface area contributed by atoms with Crippen LogP contribution in [0, 0.1) is 11.3 Å². The highest BCUT2D eigenvalue weighted by Crippen LogP contribution is 2.13. The fraction of sp³-hybridized carbons (Fsp3) is 0.500. The number of benzene rings is 1. The molecule has 1 unspecified atom stereocenters. The first-order valence-corrected chi connectivity index (χ1v) is 6.92. The molecule has 0 heterocycles. The van der Waals surface area contributed by atoms with Crippen molar-refractivity contribution in [3.05, 3.63) is 35.4 Å². The van der Waals surface area contributed by atoms with Crippen molar-refractivity contribution in [2.45, 2.75) is 45.7 Å². The molecule has 4 heteroatoms. The normalized spacial score (nSPS) is 12.6. The van der Waals surface area contributed by atoms with Crippen LogP contribution in [-0.4, -0.2) is 18.0 Å². The van der Waals surface area contributed by atoms with Crippen LogP contribution in [0.4, 0.5) is 0 Å². The number of hydrogen-bond donors (Lipinski definition) is 2. The number of rotatable bonds is 6. The Kier molecular flexibility index (Phi) is 5.72. The van der Waals surface area contributed by atoms with Crippen molar-refractivity contribution in [1.29, 1.82) is 5.26 Å². The van der Waals surface area contributed by atoms with Crippen molar-refractivity contribution in [1.82, 2.24) is 10.6 Å². The topological polar surface area (TPSA) is 64.9 Å². The smallest absolute Gasteiger partial charge is 0.234 e. The lowest BCUT2D eigenvalue weighted by Gasteiger charge is -2.25. The zero-order chi connectivity index (χ0) is 15.2.